The second kappa shape index (κ2) is 14.6. The topological polar surface area (TPSA) is 0 Å². The summed E-state index contributed by atoms with van der Waals surface area (Å²) in [6, 6.07) is 9.77. The molecule has 1 rings (SSSR count). The first kappa shape index (κ1) is 21.3. The first-order valence-electron chi connectivity index (χ1n) is 10.7. The molecule has 0 fully saturated rings. The molecular weight excluding hydrogens is 288 g/mol. The third kappa shape index (κ3) is 10.2. The van der Waals surface area contributed by atoms with Gasteiger partial charge in [-0.3, -0.25) is 0 Å². The van der Waals surface area contributed by atoms with Crippen LogP contribution in [-0.4, -0.2) is 0 Å². The molecule has 1 aromatic rings. The van der Waals surface area contributed by atoms with Crippen molar-refractivity contribution >= 4 is 0 Å². The number of benzene rings is 1. The van der Waals surface area contributed by atoms with Gasteiger partial charge in [-0.2, -0.15) is 0 Å². The van der Waals surface area contributed by atoms with Crippen LogP contribution in [0.1, 0.15) is 121 Å². The molecule has 0 saturated carbocycles. The van der Waals surface area contributed by atoms with Gasteiger partial charge in [0, 0.05) is 0 Å². The molecule has 137 valence electrons. The molecule has 24 heavy (non-hydrogen) atoms. The number of rotatable bonds is 15. The van der Waals surface area contributed by atoms with E-state index >= 15 is 0 Å². The van der Waals surface area contributed by atoms with E-state index in [9.17, 15) is 0 Å². The van der Waals surface area contributed by atoms with Gasteiger partial charge >= 0.3 is 0 Å². The van der Waals surface area contributed by atoms with Crippen molar-refractivity contribution in [2.24, 2.45) is 0 Å². The zero-order valence-electron chi connectivity index (χ0n) is 16.7. The molecule has 0 atom stereocenters. The summed E-state index contributed by atoms with van der Waals surface area (Å²) in [5, 5.41) is 0. The lowest BCUT2D eigenvalue weighted by molar-refractivity contribution is 0.539. The van der Waals surface area contributed by atoms with Crippen molar-refractivity contribution in [3.8, 4) is 0 Å². The van der Waals surface area contributed by atoms with Crippen molar-refractivity contribution in [2.75, 3.05) is 0 Å². The second-order valence-electron chi connectivity index (χ2n) is 7.77. The molecule has 0 heterocycles. The standard InChI is InChI=1S/C24H41/c1-4-5-6-7-8-9-10-11-12-13-14-15-16-19-23-20-17-18-21-24(23)22(2)3/h18,20-22H,4-16,19H2,1-3H3. The van der Waals surface area contributed by atoms with Gasteiger partial charge in [0.25, 0.3) is 0 Å². The van der Waals surface area contributed by atoms with Gasteiger partial charge in [0.2, 0.25) is 0 Å². The maximum absolute atomic E-state index is 3.25. The van der Waals surface area contributed by atoms with Crippen molar-refractivity contribution in [1.29, 1.82) is 0 Å². The number of hydrogen-bond acceptors (Lipinski definition) is 0. The Balaban J connectivity index is 1.92. The van der Waals surface area contributed by atoms with E-state index in [1.165, 1.54) is 101 Å². The van der Waals surface area contributed by atoms with Gasteiger partial charge in [0.1, 0.15) is 0 Å². The Morgan fingerprint density at radius 3 is 1.75 bits per heavy atom. The Hall–Kier alpha value is -0.780. The fourth-order valence-corrected chi connectivity index (χ4v) is 3.59. The fraction of sp³-hybridized carbons (Fsp3) is 0.750. The summed E-state index contributed by atoms with van der Waals surface area (Å²) in [7, 11) is 0. The molecule has 0 aliphatic heterocycles. The van der Waals surface area contributed by atoms with Crippen molar-refractivity contribution < 1.29 is 0 Å². The van der Waals surface area contributed by atoms with Crippen LogP contribution in [-0.2, 0) is 6.42 Å². The molecule has 0 N–H and O–H groups in total. The van der Waals surface area contributed by atoms with E-state index in [4.69, 9.17) is 0 Å². The molecule has 0 heteroatoms. The fourth-order valence-electron chi connectivity index (χ4n) is 3.59. The summed E-state index contributed by atoms with van der Waals surface area (Å²) in [5.74, 6) is 0.636. The molecule has 0 saturated heterocycles. The zero-order chi connectivity index (χ0) is 17.5. The van der Waals surface area contributed by atoms with E-state index in [0.717, 1.165) is 0 Å². The van der Waals surface area contributed by atoms with Crippen LogP contribution in [0.3, 0.4) is 0 Å². The SMILES string of the molecule is CCCCCCCCCCCCCCCc1c[c]ccc1C(C)C. The minimum atomic E-state index is 0.636. The highest BCUT2D eigenvalue weighted by Crippen LogP contribution is 2.21. The van der Waals surface area contributed by atoms with Crippen molar-refractivity contribution in [1.82, 2.24) is 0 Å². The lowest BCUT2D eigenvalue weighted by atomic mass is 9.93. The summed E-state index contributed by atoms with van der Waals surface area (Å²) < 4.78 is 0. The molecule has 0 aliphatic carbocycles. The predicted molar refractivity (Wildman–Crippen MR) is 109 cm³/mol. The summed E-state index contributed by atoms with van der Waals surface area (Å²) >= 11 is 0. The average molecular weight is 330 g/mol. The highest BCUT2D eigenvalue weighted by molar-refractivity contribution is 5.29. The minimum Gasteiger partial charge on any atom is -0.0654 e. The van der Waals surface area contributed by atoms with Crippen LogP contribution >= 0.6 is 0 Å². The Morgan fingerprint density at radius 1 is 0.750 bits per heavy atom. The van der Waals surface area contributed by atoms with Gasteiger partial charge in [-0.05, 0) is 36.0 Å². The third-order valence-corrected chi connectivity index (χ3v) is 5.16. The van der Waals surface area contributed by atoms with E-state index < -0.39 is 0 Å². The van der Waals surface area contributed by atoms with Crippen molar-refractivity contribution in [3.05, 3.63) is 35.4 Å². The Labute approximate surface area is 152 Å². The van der Waals surface area contributed by atoms with Gasteiger partial charge in [0.05, 0.1) is 0 Å². The number of unbranched alkanes of at least 4 members (excludes halogenated alkanes) is 12. The molecule has 1 radical (unpaired) electrons. The van der Waals surface area contributed by atoms with E-state index in [2.05, 4.69) is 45.0 Å². The molecule has 0 bridgehead atoms. The Morgan fingerprint density at radius 2 is 1.25 bits per heavy atom. The highest BCUT2D eigenvalue weighted by Gasteiger charge is 2.05. The van der Waals surface area contributed by atoms with E-state index in [0.29, 0.717) is 5.92 Å². The first-order chi connectivity index (χ1) is 11.8. The summed E-state index contributed by atoms with van der Waals surface area (Å²) in [6.45, 7) is 6.88. The molecule has 0 nitrogen and oxygen atoms in total. The molecule has 0 spiro atoms. The smallest absolute Gasteiger partial charge is 0.0181 e. The van der Waals surface area contributed by atoms with Crippen molar-refractivity contribution in [3.63, 3.8) is 0 Å². The monoisotopic (exact) mass is 329 g/mol. The summed E-state index contributed by atoms with van der Waals surface area (Å²) in [6.07, 6.45) is 19.8. The molecule has 0 aromatic heterocycles. The third-order valence-electron chi connectivity index (χ3n) is 5.16. The van der Waals surface area contributed by atoms with Crippen LogP contribution in [0.4, 0.5) is 0 Å². The van der Waals surface area contributed by atoms with E-state index in [1.54, 1.807) is 0 Å². The molecular formula is C24H41. The van der Waals surface area contributed by atoms with Crippen LogP contribution in [0.15, 0.2) is 18.2 Å². The Kier molecular flexibility index (Phi) is 12.9. The molecule has 0 aliphatic rings. The zero-order valence-corrected chi connectivity index (χ0v) is 16.7. The van der Waals surface area contributed by atoms with Crippen molar-refractivity contribution in [2.45, 2.75) is 117 Å². The quantitative estimate of drug-likeness (QED) is 0.284. The van der Waals surface area contributed by atoms with Gasteiger partial charge < -0.3 is 0 Å². The summed E-state index contributed by atoms with van der Waals surface area (Å²) in [5.41, 5.74) is 3.04. The minimum absolute atomic E-state index is 0.636. The Bertz CT molecular complexity index is 391. The van der Waals surface area contributed by atoms with Crippen LogP contribution in [0, 0.1) is 6.07 Å². The van der Waals surface area contributed by atoms with Gasteiger partial charge in [-0.25, -0.2) is 0 Å². The summed E-state index contributed by atoms with van der Waals surface area (Å²) in [4.78, 5) is 0. The molecule has 0 unspecified atom stereocenters. The van der Waals surface area contributed by atoms with Crippen LogP contribution < -0.4 is 0 Å². The largest absolute Gasteiger partial charge is 0.0654 e. The van der Waals surface area contributed by atoms with Crippen LogP contribution in [0.2, 0.25) is 0 Å². The predicted octanol–water partition coefficient (Wildman–Crippen LogP) is 8.24. The maximum Gasteiger partial charge on any atom is -0.0181 e. The van der Waals surface area contributed by atoms with E-state index in [1.807, 2.05) is 0 Å². The molecule has 1 aromatic carbocycles. The normalized spacial score (nSPS) is 11.3. The average Bonchev–Trinajstić information content (AvgIpc) is 2.59. The first-order valence-corrected chi connectivity index (χ1v) is 10.7. The number of hydrogen-bond donors (Lipinski definition) is 0. The highest BCUT2D eigenvalue weighted by atomic mass is 14.1. The lowest BCUT2D eigenvalue weighted by Gasteiger charge is -2.12. The lowest BCUT2D eigenvalue weighted by Crippen LogP contribution is -1.96. The van der Waals surface area contributed by atoms with Gasteiger partial charge in [-0.1, -0.05) is 116 Å². The van der Waals surface area contributed by atoms with Crippen LogP contribution in [0.25, 0.3) is 0 Å². The van der Waals surface area contributed by atoms with Gasteiger partial charge in [-0.15, -0.1) is 0 Å². The van der Waals surface area contributed by atoms with Gasteiger partial charge in [0.15, 0.2) is 0 Å². The second-order valence-corrected chi connectivity index (χ2v) is 7.77. The number of aryl methyl sites for hydroxylation is 1. The van der Waals surface area contributed by atoms with Crippen LogP contribution in [0.5, 0.6) is 0 Å². The molecule has 0 amide bonds. The van der Waals surface area contributed by atoms with E-state index in [-0.39, 0.29) is 0 Å². The maximum atomic E-state index is 3.25.